The van der Waals surface area contributed by atoms with Crippen molar-refractivity contribution in [1.29, 1.82) is 0 Å². The van der Waals surface area contributed by atoms with Crippen molar-refractivity contribution < 1.29 is 9.72 Å². The second-order valence-electron chi connectivity index (χ2n) is 3.96. The molecule has 104 valence electrons. The standard InChI is InChI=1S/C12H12N4O3S/c13-6-11(17)15-12-14-9(7-20-12)5-8-3-1-2-4-10(8)16(18)19/h1-4,7H,5-6,13H2,(H,14,15,17). The molecule has 0 saturated heterocycles. The van der Waals surface area contributed by atoms with Crippen molar-refractivity contribution in [1.82, 2.24) is 4.98 Å². The van der Waals surface area contributed by atoms with Gasteiger partial charge in [-0.1, -0.05) is 18.2 Å². The monoisotopic (exact) mass is 292 g/mol. The highest BCUT2D eigenvalue weighted by Gasteiger charge is 2.14. The fourth-order valence-electron chi connectivity index (χ4n) is 1.65. The Bertz CT molecular complexity index is 641. The third-order valence-corrected chi connectivity index (χ3v) is 3.35. The highest BCUT2D eigenvalue weighted by Crippen LogP contribution is 2.23. The minimum absolute atomic E-state index is 0.0630. The van der Waals surface area contributed by atoms with Crippen molar-refractivity contribution in [3.8, 4) is 0 Å². The Hall–Kier alpha value is -2.32. The second kappa shape index (κ2) is 6.22. The van der Waals surface area contributed by atoms with Crippen molar-refractivity contribution in [3.05, 3.63) is 51.0 Å². The van der Waals surface area contributed by atoms with Crippen LogP contribution in [0.2, 0.25) is 0 Å². The third kappa shape index (κ3) is 3.37. The zero-order valence-electron chi connectivity index (χ0n) is 10.4. The molecule has 2 aromatic rings. The number of nitro benzene ring substituents is 1. The van der Waals surface area contributed by atoms with Gasteiger partial charge in [0.15, 0.2) is 5.13 Å². The molecule has 7 nitrogen and oxygen atoms in total. The van der Waals surface area contributed by atoms with Crippen LogP contribution in [0.3, 0.4) is 0 Å². The van der Waals surface area contributed by atoms with Gasteiger partial charge in [0.2, 0.25) is 5.91 Å². The average Bonchev–Trinajstić information content (AvgIpc) is 2.86. The predicted molar refractivity (Wildman–Crippen MR) is 75.7 cm³/mol. The number of nitro groups is 1. The van der Waals surface area contributed by atoms with Crippen LogP contribution < -0.4 is 11.1 Å². The maximum Gasteiger partial charge on any atom is 0.272 e. The van der Waals surface area contributed by atoms with Crippen molar-refractivity contribution >= 4 is 28.1 Å². The molecule has 2 rings (SSSR count). The van der Waals surface area contributed by atoms with E-state index in [0.717, 1.165) is 0 Å². The number of benzene rings is 1. The first-order valence-corrected chi connectivity index (χ1v) is 6.64. The van der Waals surface area contributed by atoms with Crippen LogP contribution in [-0.4, -0.2) is 22.4 Å². The SMILES string of the molecule is NCC(=O)Nc1nc(Cc2ccccc2[N+](=O)[O-])cs1. The lowest BCUT2D eigenvalue weighted by molar-refractivity contribution is -0.385. The van der Waals surface area contributed by atoms with Gasteiger partial charge in [-0.15, -0.1) is 11.3 Å². The summed E-state index contributed by atoms with van der Waals surface area (Å²) in [5.74, 6) is -0.323. The first-order valence-electron chi connectivity index (χ1n) is 5.76. The van der Waals surface area contributed by atoms with E-state index >= 15 is 0 Å². The van der Waals surface area contributed by atoms with Gasteiger partial charge in [-0.05, 0) is 0 Å². The molecule has 0 radical (unpaired) electrons. The molecule has 0 saturated carbocycles. The van der Waals surface area contributed by atoms with Crippen molar-refractivity contribution in [2.24, 2.45) is 5.73 Å². The number of hydrogen-bond acceptors (Lipinski definition) is 6. The summed E-state index contributed by atoms with van der Waals surface area (Å²) in [6.45, 7) is -0.112. The highest BCUT2D eigenvalue weighted by molar-refractivity contribution is 7.13. The summed E-state index contributed by atoms with van der Waals surface area (Å²) in [6.07, 6.45) is 0.339. The molecule has 0 aliphatic carbocycles. The van der Waals surface area contributed by atoms with Gasteiger partial charge in [-0.3, -0.25) is 14.9 Å². The number of amides is 1. The summed E-state index contributed by atoms with van der Waals surface area (Å²) in [7, 11) is 0. The second-order valence-corrected chi connectivity index (χ2v) is 4.82. The lowest BCUT2D eigenvalue weighted by atomic mass is 10.1. The fraction of sp³-hybridized carbons (Fsp3) is 0.167. The number of anilines is 1. The third-order valence-electron chi connectivity index (χ3n) is 2.54. The van der Waals surface area contributed by atoms with Crippen LogP contribution in [0.25, 0.3) is 0 Å². The first-order chi connectivity index (χ1) is 9.60. The Kier molecular flexibility index (Phi) is 4.38. The van der Waals surface area contributed by atoms with E-state index in [4.69, 9.17) is 5.73 Å². The molecule has 0 spiro atoms. The maximum absolute atomic E-state index is 11.1. The summed E-state index contributed by atoms with van der Waals surface area (Å²) in [6, 6.07) is 6.51. The molecule has 1 aromatic heterocycles. The zero-order valence-corrected chi connectivity index (χ0v) is 11.2. The molecule has 0 aliphatic heterocycles. The molecule has 1 aromatic carbocycles. The van der Waals surface area contributed by atoms with Gasteiger partial charge >= 0.3 is 0 Å². The molecule has 1 heterocycles. The zero-order chi connectivity index (χ0) is 14.5. The smallest absolute Gasteiger partial charge is 0.272 e. The van der Waals surface area contributed by atoms with Gasteiger partial charge in [0, 0.05) is 23.4 Å². The van der Waals surface area contributed by atoms with Gasteiger partial charge in [-0.25, -0.2) is 4.98 Å². The number of rotatable bonds is 5. The van der Waals surface area contributed by atoms with Gasteiger partial charge < -0.3 is 11.1 Å². The number of nitrogens with two attached hydrogens (primary N) is 1. The Morgan fingerprint density at radius 1 is 1.45 bits per heavy atom. The summed E-state index contributed by atoms with van der Waals surface area (Å²) >= 11 is 1.26. The van der Waals surface area contributed by atoms with Crippen LogP contribution in [-0.2, 0) is 11.2 Å². The van der Waals surface area contributed by atoms with E-state index < -0.39 is 4.92 Å². The van der Waals surface area contributed by atoms with Gasteiger partial charge in [-0.2, -0.15) is 0 Å². The molecule has 8 heteroatoms. The van der Waals surface area contributed by atoms with Crippen LogP contribution in [0.15, 0.2) is 29.6 Å². The number of para-hydroxylation sites is 1. The van der Waals surface area contributed by atoms with E-state index in [-0.39, 0.29) is 18.1 Å². The highest BCUT2D eigenvalue weighted by atomic mass is 32.1. The predicted octanol–water partition coefficient (Wildman–Crippen LogP) is 1.54. The number of carbonyl (C=O) groups excluding carboxylic acids is 1. The van der Waals surface area contributed by atoms with Crippen molar-refractivity contribution in [3.63, 3.8) is 0 Å². The molecule has 0 fully saturated rings. The molecule has 3 N–H and O–H groups in total. The lowest BCUT2D eigenvalue weighted by Crippen LogP contribution is -2.21. The van der Waals surface area contributed by atoms with E-state index in [9.17, 15) is 14.9 Å². The van der Waals surface area contributed by atoms with Gasteiger partial charge in [0.05, 0.1) is 17.2 Å². The summed E-state index contributed by atoms with van der Waals surface area (Å²) < 4.78 is 0. The van der Waals surface area contributed by atoms with E-state index in [1.54, 1.807) is 23.6 Å². The molecule has 0 unspecified atom stereocenters. The lowest BCUT2D eigenvalue weighted by Gasteiger charge is -2.00. The van der Waals surface area contributed by atoms with E-state index in [2.05, 4.69) is 10.3 Å². The minimum atomic E-state index is -0.418. The van der Waals surface area contributed by atoms with Gasteiger partial charge in [0.1, 0.15) is 0 Å². The average molecular weight is 292 g/mol. The van der Waals surface area contributed by atoms with E-state index in [1.165, 1.54) is 17.4 Å². The largest absolute Gasteiger partial charge is 0.322 e. The number of carbonyl (C=O) groups is 1. The number of hydrogen-bond donors (Lipinski definition) is 2. The maximum atomic E-state index is 11.1. The summed E-state index contributed by atoms with van der Waals surface area (Å²) in [5.41, 5.74) is 6.50. The quantitative estimate of drug-likeness (QED) is 0.641. The molecule has 0 atom stereocenters. The van der Waals surface area contributed by atoms with Crippen LogP contribution >= 0.6 is 11.3 Å². The molecular formula is C12H12N4O3S. The first kappa shape index (κ1) is 14.1. The molecule has 20 heavy (non-hydrogen) atoms. The minimum Gasteiger partial charge on any atom is -0.322 e. The topological polar surface area (TPSA) is 111 Å². The van der Waals surface area contributed by atoms with Crippen LogP contribution in [0.5, 0.6) is 0 Å². The van der Waals surface area contributed by atoms with E-state index in [0.29, 0.717) is 22.8 Å². The van der Waals surface area contributed by atoms with Gasteiger partial charge in [0.25, 0.3) is 5.69 Å². The van der Waals surface area contributed by atoms with Crippen LogP contribution in [0.1, 0.15) is 11.3 Å². The van der Waals surface area contributed by atoms with E-state index in [1.807, 2.05) is 0 Å². The fourth-order valence-corrected chi connectivity index (χ4v) is 2.38. The number of thiazole rings is 1. The Balaban J connectivity index is 2.15. The Morgan fingerprint density at radius 2 is 2.20 bits per heavy atom. The number of nitrogens with zero attached hydrogens (tertiary/aromatic N) is 2. The summed E-state index contributed by atoms with van der Waals surface area (Å²) in [5, 5.41) is 15.7. The Labute approximate surface area is 118 Å². The number of nitrogens with one attached hydrogen (secondary N) is 1. The van der Waals surface area contributed by atoms with Crippen molar-refractivity contribution in [2.75, 3.05) is 11.9 Å². The normalized spacial score (nSPS) is 10.2. The molecule has 1 amide bonds. The van der Waals surface area contributed by atoms with Crippen LogP contribution in [0.4, 0.5) is 10.8 Å². The van der Waals surface area contributed by atoms with Crippen LogP contribution in [0, 0.1) is 10.1 Å². The Morgan fingerprint density at radius 3 is 2.90 bits per heavy atom. The molecule has 0 bridgehead atoms. The summed E-state index contributed by atoms with van der Waals surface area (Å²) in [4.78, 5) is 25.8. The number of aromatic nitrogens is 1. The molecular weight excluding hydrogens is 280 g/mol. The molecule has 0 aliphatic rings. The van der Waals surface area contributed by atoms with Crippen molar-refractivity contribution in [2.45, 2.75) is 6.42 Å².